The molecule has 4 N–H and O–H groups in total. The van der Waals surface area contributed by atoms with Gasteiger partial charge >= 0.3 is 5.97 Å². The number of nitrogens with zero attached hydrogens (tertiary/aromatic N) is 1. The summed E-state index contributed by atoms with van der Waals surface area (Å²) in [7, 11) is 4.45. The van der Waals surface area contributed by atoms with Crippen molar-refractivity contribution in [3.8, 4) is 0 Å². The number of rotatable bonds is 7. The van der Waals surface area contributed by atoms with Gasteiger partial charge in [-0.1, -0.05) is 64.2 Å². The van der Waals surface area contributed by atoms with Gasteiger partial charge in [-0.2, -0.15) is 0 Å². The predicted octanol–water partition coefficient (Wildman–Crippen LogP) is 5.15. The van der Waals surface area contributed by atoms with Gasteiger partial charge in [-0.3, -0.25) is 19.2 Å². The van der Waals surface area contributed by atoms with Crippen molar-refractivity contribution >= 4 is 29.2 Å². The largest absolute Gasteiger partial charge is 0.460 e. The quantitative estimate of drug-likeness (QED) is 0.148. The molecule has 3 aliphatic heterocycles. The molecule has 0 aromatic heterocycles. The summed E-state index contributed by atoms with van der Waals surface area (Å²) in [6, 6.07) is -1.22. The van der Waals surface area contributed by atoms with E-state index in [-0.39, 0.29) is 42.8 Å². The van der Waals surface area contributed by atoms with Crippen LogP contribution in [0.15, 0.2) is 47.6 Å². The molecule has 3 heterocycles. The maximum absolute atomic E-state index is 14.4. The van der Waals surface area contributed by atoms with Crippen LogP contribution in [0.5, 0.6) is 0 Å². The van der Waals surface area contributed by atoms with Gasteiger partial charge in [0.2, 0.25) is 5.79 Å². The van der Waals surface area contributed by atoms with E-state index in [1.165, 1.54) is 14.2 Å². The van der Waals surface area contributed by atoms with E-state index in [2.05, 4.69) is 0 Å². The molecule has 372 valence electrons. The number of allylic oxidation sites excluding steroid dienone is 6. The number of ketones is 3. The van der Waals surface area contributed by atoms with Crippen LogP contribution in [0.2, 0.25) is 0 Å². The number of aliphatic hydroxyl groups excluding tert-OH is 3. The zero-order valence-corrected chi connectivity index (χ0v) is 40.8. The lowest BCUT2D eigenvalue weighted by Gasteiger charge is -2.42. The Morgan fingerprint density at radius 2 is 1.58 bits per heavy atom. The van der Waals surface area contributed by atoms with Crippen LogP contribution in [0.1, 0.15) is 119 Å². The molecule has 1 unspecified atom stereocenters. The van der Waals surface area contributed by atoms with Gasteiger partial charge < -0.3 is 49.0 Å². The maximum Gasteiger partial charge on any atom is 0.329 e. The number of fused-ring (bicyclic) bond motifs is 3. The highest BCUT2D eigenvalue weighted by molar-refractivity contribution is 6.39. The summed E-state index contributed by atoms with van der Waals surface area (Å²) in [5, 5.41) is 44.7. The summed E-state index contributed by atoms with van der Waals surface area (Å²) in [6.07, 6.45) is 9.68. The third-order valence-electron chi connectivity index (χ3n) is 14.5. The van der Waals surface area contributed by atoms with Crippen LogP contribution in [-0.2, 0) is 47.7 Å². The number of piperidine rings is 1. The molecule has 4 rings (SSSR count). The van der Waals surface area contributed by atoms with Gasteiger partial charge in [0.25, 0.3) is 11.7 Å². The van der Waals surface area contributed by atoms with Gasteiger partial charge in [-0.15, -0.1) is 0 Å². The first kappa shape index (κ1) is 55.2. The Balaban J connectivity index is 1.72. The molecule has 66 heavy (non-hydrogen) atoms. The number of methoxy groups -OCH3 is 3. The Morgan fingerprint density at radius 1 is 0.848 bits per heavy atom. The van der Waals surface area contributed by atoms with Gasteiger partial charge in [-0.05, 0) is 101 Å². The molecule has 0 aromatic rings. The van der Waals surface area contributed by atoms with Gasteiger partial charge in [0.05, 0.1) is 24.4 Å². The average molecular weight is 930 g/mol. The SMILES string of the molecule is CO[C@H]1C[C@@H]2CC[C@@H](C)[C@@](O)(O2)C(=O)C(=O)N2CCCC[C@H]2C(=O)O[C@H](C(CO)C[C@@H]2CC[C@@H](O)[C@H](OC)C2)CC(=O)[C@H](C)/C=C(\C)[C@@H](O)[C@@H](OC)C(=O)[C@H](C)C[C@H](C)/C=C/C=C/C=C/1C. The fourth-order valence-electron chi connectivity index (χ4n) is 10.2. The summed E-state index contributed by atoms with van der Waals surface area (Å²) in [5.41, 5.74) is 1.21. The zero-order valence-electron chi connectivity index (χ0n) is 40.8. The van der Waals surface area contributed by atoms with Crippen molar-refractivity contribution < 1.29 is 68.1 Å². The fraction of sp³-hybridized carbons (Fsp3) is 0.745. The Labute approximate surface area is 392 Å². The molecule has 15 atom stereocenters. The van der Waals surface area contributed by atoms with Crippen LogP contribution >= 0.6 is 0 Å². The topological polar surface area (TPSA) is 216 Å². The number of hydrogen-bond acceptors (Lipinski definition) is 14. The number of hydrogen-bond donors (Lipinski definition) is 4. The number of ether oxygens (including phenoxy) is 5. The molecular weight excluding hydrogens is 851 g/mol. The van der Waals surface area contributed by atoms with Crippen LogP contribution in [0.25, 0.3) is 0 Å². The normalized spacial score (nSPS) is 40.0. The monoisotopic (exact) mass is 930 g/mol. The molecule has 2 bridgehead atoms. The minimum absolute atomic E-state index is 0.00112. The lowest BCUT2D eigenvalue weighted by atomic mass is 9.78. The van der Waals surface area contributed by atoms with Crippen LogP contribution in [0.4, 0.5) is 0 Å². The van der Waals surface area contributed by atoms with Crippen LogP contribution < -0.4 is 0 Å². The minimum atomic E-state index is -2.46. The highest BCUT2D eigenvalue weighted by atomic mass is 16.6. The molecule has 4 aliphatic rings. The van der Waals surface area contributed by atoms with Crippen molar-refractivity contribution in [1.82, 2.24) is 4.90 Å². The molecule has 1 amide bonds. The standard InChI is InChI=1S/C51H79NO14/c1-30-15-11-10-12-16-31(2)42(62-7)27-38-20-18-35(6)51(61,66-38)48(58)49(59)52-22-14-13-17-39(52)50(60)65-43(37(29-53)25-36-19-21-40(54)44(26-36)63-8)28-41(55)32(3)24-34(5)46(57)47(64-9)45(56)33(4)23-30/h10-12,15-16,24,30,32-33,35-40,42-44,46-47,53-54,57,61H,13-14,17-23,25-29H2,1-9H3/b12-10+,15-11+,31-16+,34-24+/t30-,32-,33-,35-,36+,37?,38+,39+,40-,42+,43+,44-,46-,47+,51-/m1/s1. The molecule has 0 radical (unpaired) electrons. The molecular formula is C51H79NO14. The van der Waals surface area contributed by atoms with Crippen molar-refractivity contribution in [2.24, 2.45) is 35.5 Å². The molecule has 3 fully saturated rings. The number of carbonyl (C=O) groups is 5. The first-order valence-electron chi connectivity index (χ1n) is 24.1. The molecule has 0 aromatic carbocycles. The molecule has 0 spiro atoms. The highest BCUT2D eigenvalue weighted by Gasteiger charge is 2.53. The lowest BCUT2D eigenvalue weighted by molar-refractivity contribution is -0.265. The summed E-state index contributed by atoms with van der Waals surface area (Å²) in [6.45, 7) is 10.2. The van der Waals surface area contributed by atoms with E-state index < -0.39 is 102 Å². The van der Waals surface area contributed by atoms with Crippen molar-refractivity contribution in [1.29, 1.82) is 0 Å². The second-order valence-corrected chi connectivity index (χ2v) is 19.6. The van der Waals surface area contributed by atoms with Gasteiger partial charge in [0.1, 0.15) is 30.1 Å². The first-order valence-corrected chi connectivity index (χ1v) is 24.1. The van der Waals surface area contributed by atoms with Crippen LogP contribution in [0, 0.1) is 35.5 Å². The van der Waals surface area contributed by atoms with E-state index in [1.807, 2.05) is 44.2 Å². The molecule has 15 nitrogen and oxygen atoms in total. The Bertz CT molecular complexity index is 1770. The summed E-state index contributed by atoms with van der Waals surface area (Å²) in [5.74, 6) is -9.00. The van der Waals surface area contributed by atoms with E-state index in [0.717, 1.165) is 10.5 Å². The van der Waals surface area contributed by atoms with Gasteiger partial charge in [-0.25, -0.2) is 4.79 Å². The second-order valence-electron chi connectivity index (χ2n) is 19.6. The van der Waals surface area contributed by atoms with Gasteiger partial charge in [0, 0.05) is 71.0 Å². The van der Waals surface area contributed by atoms with E-state index in [1.54, 1.807) is 40.9 Å². The van der Waals surface area contributed by atoms with E-state index >= 15 is 0 Å². The summed E-state index contributed by atoms with van der Waals surface area (Å²) in [4.78, 5) is 71.8. The first-order chi connectivity index (χ1) is 31.3. The van der Waals surface area contributed by atoms with E-state index in [4.69, 9.17) is 23.7 Å². The van der Waals surface area contributed by atoms with Crippen LogP contribution in [0.3, 0.4) is 0 Å². The Morgan fingerprint density at radius 3 is 2.24 bits per heavy atom. The second kappa shape index (κ2) is 25.8. The summed E-state index contributed by atoms with van der Waals surface area (Å²) >= 11 is 0. The third kappa shape index (κ3) is 14.3. The number of Topliss-reactive ketones (excluding diaryl/α,β-unsaturated/α-hetero) is 3. The number of esters is 1. The number of amides is 1. The van der Waals surface area contributed by atoms with E-state index in [9.17, 15) is 44.4 Å². The average Bonchev–Trinajstić information content (AvgIpc) is 3.30. The molecule has 2 saturated heterocycles. The van der Waals surface area contributed by atoms with Crippen molar-refractivity contribution in [3.05, 3.63) is 47.6 Å². The Kier molecular flexibility index (Phi) is 21.6. The van der Waals surface area contributed by atoms with E-state index in [0.29, 0.717) is 69.8 Å². The number of cyclic esters (lactones) is 1. The fourth-order valence-corrected chi connectivity index (χ4v) is 10.2. The summed E-state index contributed by atoms with van der Waals surface area (Å²) < 4.78 is 29.2. The van der Waals surface area contributed by atoms with Crippen LogP contribution in [-0.4, -0.2) is 144 Å². The lowest BCUT2D eigenvalue weighted by Crippen LogP contribution is -2.61. The molecule has 15 heteroatoms. The Hall–Kier alpha value is -3.41. The number of carbonyl (C=O) groups excluding carboxylic acids is 5. The zero-order chi connectivity index (χ0) is 48.9. The van der Waals surface area contributed by atoms with Crippen molar-refractivity contribution in [3.63, 3.8) is 0 Å². The molecule has 1 saturated carbocycles. The number of aliphatic hydroxyl groups is 4. The highest BCUT2D eigenvalue weighted by Crippen LogP contribution is 2.38. The minimum Gasteiger partial charge on any atom is -0.460 e. The van der Waals surface area contributed by atoms with Crippen molar-refractivity contribution in [2.75, 3.05) is 34.5 Å². The molecule has 1 aliphatic carbocycles. The third-order valence-corrected chi connectivity index (χ3v) is 14.5. The maximum atomic E-state index is 14.4. The predicted molar refractivity (Wildman–Crippen MR) is 247 cm³/mol. The smallest absolute Gasteiger partial charge is 0.329 e. The van der Waals surface area contributed by atoms with Gasteiger partial charge in [0.15, 0.2) is 5.78 Å². The van der Waals surface area contributed by atoms with Crippen molar-refractivity contribution in [2.45, 2.75) is 173 Å².